The highest BCUT2D eigenvalue weighted by Gasteiger charge is 2.29. The van der Waals surface area contributed by atoms with Crippen molar-refractivity contribution in [1.29, 1.82) is 0 Å². The normalized spacial score (nSPS) is 16.3. The van der Waals surface area contributed by atoms with E-state index in [2.05, 4.69) is 20.9 Å². The molecule has 152 valence electrons. The van der Waals surface area contributed by atoms with Gasteiger partial charge >= 0.3 is 0 Å². The predicted molar refractivity (Wildman–Crippen MR) is 121 cm³/mol. The highest BCUT2D eigenvalue weighted by atomic mass is 79.9. The number of halogens is 3. The van der Waals surface area contributed by atoms with Crippen molar-refractivity contribution in [2.45, 2.75) is 18.9 Å². The zero-order chi connectivity index (χ0) is 20.5. The minimum Gasteiger partial charge on any atom is -0.494 e. The van der Waals surface area contributed by atoms with Gasteiger partial charge in [0.15, 0.2) is 5.13 Å². The fraction of sp³-hybridized carbons (Fsp3) is 0.300. The van der Waals surface area contributed by atoms with Crippen LogP contribution in [0.4, 0.5) is 5.13 Å². The van der Waals surface area contributed by atoms with Crippen LogP contribution in [0.1, 0.15) is 23.2 Å². The molecule has 0 N–H and O–H groups in total. The van der Waals surface area contributed by atoms with E-state index in [0.29, 0.717) is 45.2 Å². The van der Waals surface area contributed by atoms with Gasteiger partial charge in [0.1, 0.15) is 11.3 Å². The maximum Gasteiger partial charge on any atom is 0.261 e. The summed E-state index contributed by atoms with van der Waals surface area (Å²) < 4.78 is 12.7. The topological polar surface area (TPSA) is 51.7 Å². The minimum atomic E-state index is -0.235. The molecule has 4 rings (SSSR count). The number of carbonyl (C=O) groups excluding carboxylic acids is 1. The number of hydrogen-bond donors (Lipinski definition) is 0. The summed E-state index contributed by atoms with van der Waals surface area (Å²) in [4.78, 5) is 19.8. The zero-order valence-electron chi connectivity index (χ0n) is 15.5. The summed E-state index contributed by atoms with van der Waals surface area (Å²) in [6, 6.07) is 8.75. The van der Waals surface area contributed by atoms with Crippen LogP contribution in [0.3, 0.4) is 0 Å². The van der Waals surface area contributed by atoms with Crippen LogP contribution in [0.2, 0.25) is 10.0 Å². The van der Waals surface area contributed by atoms with E-state index in [0.717, 1.165) is 22.0 Å². The number of ether oxygens (including phenoxy) is 2. The fourth-order valence-electron chi connectivity index (χ4n) is 3.27. The molecule has 5 nitrogen and oxygen atoms in total. The molecule has 1 unspecified atom stereocenters. The highest BCUT2D eigenvalue weighted by molar-refractivity contribution is 9.10. The van der Waals surface area contributed by atoms with E-state index in [4.69, 9.17) is 32.7 Å². The average Bonchev–Trinajstić information content (AvgIpc) is 3.38. The van der Waals surface area contributed by atoms with E-state index in [1.807, 2.05) is 0 Å². The molecule has 1 aliphatic heterocycles. The molecule has 0 aliphatic carbocycles. The van der Waals surface area contributed by atoms with Crippen LogP contribution in [0.25, 0.3) is 10.2 Å². The standard InChI is InChI=1S/C20H17BrCl2N2O3S/c1-27-16-7-6-15(23)18-17(16)24-20(29-18)25(10-12-3-2-8-28-12)19(26)13-9-11(21)4-5-14(13)22/h4-7,9,12H,2-3,8,10H2,1H3. The molecule has 0 spiro atoms. The Morgan fingerprint density at radius 3 is 2.86 bits per heavy atom. The number of hydrogen-bond acceptors (Lipinski definition) is 5. The summed E-state index contributed by atoms with van der Waals surface area (Å²) in [5, 5.41) is 1.48. The van der Waals surface area contributed by atoms with Crippen LogP contribution in [0, 0.1) is 0 Å². The van der Waals surface area contributed by atoms with Crippen LogP contribution in [-0.2, 0) is 4.74 Å². The Morgan fingerprint density at radius 1 is 1.34 bits per heavy atom. The lowest BCUT2D eigenvalue weighted by atomic mass is 10.1. The van der Waals surface area contributed by atoms with Crippen LogP contribution in [0.5, 0.6) is 5.75 Å². The second-order valence-corrected chi connectivity index (χ2v) is 9.31. The predicted octanol–water partition coefficient (Wildman–Crippen LogP) is 6.20. The van der Waals surface area contributed by atoms with Crippen molar-refractivity contribution in [2.75, 3.05) is 25.2 Å². The molecule has 1 atom stereocenters. The largest absolute Gasteiger partial charge is 0.494 e. The SMILES string of the molecule is COc1ccc(Cl)c2sc(N(CC3CCCO3)C(=O)c3cc(Br)ccc3Cl)nc12. The van der Waals surface area contributed by atoms with Gasteiger partial charge in [-0.15, -0.1) is 0 Å². The monoisotopic (exact) mass is 514 g/mol. The van der Waals surface area contributed by atoms with Gasteiger partial charge in [0.25, 0.3) is 5.91 Å². The summed E-state index contributed by atoms with van der Waals surface area (Å²) in [5.74, 6) is 0.373. The Balaban J connectivity index is 1.80. The summed E-state index contributed by atoms with van der Waals surface area (Å²) >= 11 is 17.5. The van der Waals surface area contributed by atoms with Gasteiger partial charge in [-0.25, -0.2) is 4.98 Å². The molecule has 9 heteroatoms. The zero-order valence-corrected chi connectivity index (χ0v) is 19.4. The quantitative estimate of drug-likeness (QED) is 0.406. The van der Waals surface area contributed by atoms with Crippen molar-refractivity contribution in [3.05, 3.63) is 50.4 Å². The lowest BCUT2D eigenvalue weighted by Gasteiger charge is -2.23. The van der Waals surface area contributed by atoms with Crippen molar-refractivity contribution in [3.63, 3.8) is 0 Å². The lowest BCUT2D eigenvalue weighted by Crippen LogP contribution is -2.37. The van der Waals surface area contributed by atoms with Gasteiger partial charge < -0.3 is 9.47 Å². The van der Waals surface area contributed by atoms with Gasteiger partial charge in [-0.05, 0) is 43.2 Å². The Kier molecular flexibility index (Phi) is 6.32. The van der Waals surface area contributed by atoms with Gasteiger partial charge in [-0.1, -0.05) is 50.5 Å². The molecule has 1 aromatic heterocycles. The van der Waals surface area contributed by atoms with Gasteiger partial charge in [0.2, 0.25) is 0 Å². The van der Waals surface area contributed by atoms with Gasteiger partial charge in [-0.3, -0.25) is 9.69 Å². The average molecular weight is 516 g/mol. The minimum absolute atomic E-state index is 0.0470. The summed E-state index contributed by atoms with van der Waals surface area (Å²) in [6.07, 6.45) is 1.82. The number of carbonyl (C=O) groups is 1. The molecule has 2 heterocycles. The molecule has 0 bridgehead atoms. The van der Waals surface area contributed by atoms with E-state index < -0.39 is 0 Å². The molecule has 1 saturated heterocycles. The third-order valence-electron chi connectivity index (χ3n) is 4.71. The van der Waals surface area contributed by atoms with Crippen molar-refractivity contribution < 1.29 is 14.3 Å². The van der Waals surface area contributed by atoms with E-state index >= 15 is 0 Å². The number of fused-ring (bicyclic) bond motifs is 1. The van der Waals surface area contributed by atoms with E-state index in [1.165, 1.54) is 11.3 Å². The third kappa shape index (κ3) is 4.25. The summed E-state index contributed by atoms with van der Waals surface area (Å²) in [5.41, 5.74) is 1.03. The number of benzene rings is 2. The number of anilines is 1. The Bertz CT molecular complexity index is 1070. The third-order valence-corrected chi connectivity index (χ3v) is 7.07. The first kappa shape index (κ1) is 20.9. The van der Waals surface area contributed by atoms with Gasteiger partial charge in [0.05, 0.1) is 40.1 Å². The number of rotatable bonds is 5. The second kappa shape index (κ2) is 8.78. The highest BCUT2D eigenvalue weighted by Crippen LogP contribution is 2.39. The number of methoxy groups -OCH3 is 1. The summed E-state index contributed by atoms with van der Waals surface area (Å²) in [6.45, 7) is 1.09. The first-order valence-corrected chi connectivity index (χ1v) is 11.4. The van der Waals surface area contributed by atoms with Crippen molar-refractivity contribution in [3.8, 4) is 5.75 Å². The summed E-state index contributed by atoms with van der Waals surface area (Å²) in [7, 11) is 1.58. The smallest absolute Gasteiger partial charge is 0.261 e. The molecule has 3 aromatic rings. The second-order valence-electron chi connectivity index (χ2n) is 6.60. The molecule has 29 heavy (non-hydrogen) atoms. The lowest BCUT2D eigenvalue weighted by molar-refractivity contribution is 0.0917. The molecule has 1 aliphatic rings. The molecule has 0 saturated carbocycles. The molecule has 2 aromatic carbocycles. The molecule has 0 radical (unpaired) electrons. The van der Waals surface area contributed by atoms with Crippen LogP contribution < -0.4 is 9.64 Å². The molecular weight excluding hydrogens is 499 g/mol. The van der Waals surface area contributed by atoms with Crippen LogP contribution >= 0.6 is 50.5 Å². The van der Waals surface area contributed by atoms with Crippen molar-refractivity contribution in [1.82, 2.24) is 4.98 Å². The maximum absolute atomic E-state index is 13.5. The van der Waals surface area contributed by atoms with E-state index in [9.17, 15) is 4.79 Å². The first-order valence-electron chi connectivity index (χ1n) is 8.99. The van der Waals surface area contributed by atoms with E-state index in [1.54, 1.807) is 42.3 Å². The van der Waals surface area contributed by atoms with Gasteiger partial charge in [0, 0.05) is 11.1 Å². The van der Waals surface area contributed by atoms with Crippen LogP contribution in [-0.4, -0.2) is 37.3 Å². The van der Waals surface area contributed by atoms with Crippen molar-refractivity contribution >= 4 is 71.7 Å². The van der Waals surface area contributed by atoms with Crippen LogP contribution in [0.15, 0.2) is 34.8 Å². The molecule has 1 fully saturated rings. The number of aromatic nitrogens is 1. The number of nitrogens with zero attached hydrogens (tertiary/aromatic N) is 2. The van der Waals surface area contributed by atoms with Gasteiger partial charge in [-0.2, -0.15) is 0 Å². The molecular formula is C20H17BrCl2N2O3S. The fourth-order valence-corrected chi connectivity index (χ4v) is 5.09. The molecule has 1 amide bonds. The number of thiazole rings is 1. The number of amides is 1. The Hall–Kier alpha value is -1.38. The van der Waals surface area contributed by atoms with Crippen molar-refractivity contribution in [2.24, 2.45) is 0 Å². The Labute approximate surface area is 190 Å². The Morgan fingerprint density at radius 2 is 2.14 bits per heavy atom. The first-order chi connectivity index (χ1) is 14.0. The van der Waals surface area contributed by atoms with E-state index in [-0.39, 0.29) is 12.0 Å². The maximum atomic E-state index is 13.5.